The monoisotopic (exact) mass is 217 g/mol. The quantitative estimate of drug-likeness (QED) is 0.690. The number of hydrogen-bond acceptors (Lipinski definition) is 3. The topological polar surface area (TPSA) is 60.8 Å². The molecule has 0 spiro atoms. The van der Waals surface area contributed by atoms with Crippen LogP contribution in [-0.2, 0) is 4.79 Å². The van der Waals surface area contributed by atoms with Crippen LogP contribution in [0.5, 0.6) is 0 Å². The SMILES string of the molecule is CCCC(=O)N(CC(C)O)C(C)(C)CO. The van der Waals surface area contributed by atoms with E-state index in [1.807, 2.05) is 6.92 Å². The molecule has 0 aliphatic rings. The first-order chi connectivity index (χ1) is 6.85. The van der Waals surface area contributed by atoms with Crippen LogP contribution in [0.4, 0.5) is 0 Å². The second-order valence-electron chi connectivity index (χ2n) is 4.57. The average molecular weight is 217 g/mol. The summed E-state index contributed by atoms with van der Waals surface area (Å²) in [4.78, 5) is 13.3. The Kier molecular flexibility index (Phi) is 5.83. The van der Waals surface area contributed by atoms with Gasteiger partial charge < -0.3 is 15.1 Å². The molecule has 4 heteroatoms. The first-order valence-electron chi connectivity index (χ1n) is 5.44. The summed E-state index contributed by atoms with van der Waals surface area (Å²) in [5.41, 5.74) is -0.608. The summed E-state index contributed by atoms with van der Waals surface area (Å²) in [5.74, 6) is -0.0162. The molecule has 2 N–H and O–H groups in total. The second kappa shape index (κ2) is 6.08. The van der Waals surface area contributed by atoms with Gasteiger partial charge in [-0.3, -0.25) is 4.79 Å². The zero-order valence-electron chi connectivity index (χ0n) is 10.2. The van der Waals surface area contributed by atoms with Crippen molar-refractivity contribution in [1.82, 2.24) is 4.90 Å². The Labute approximate surface area is 91.9 Å². The maximum Gasteiger partial charge on any atom is 0.223 e. The molecule has 1 unspecified atom stereocenters. The van der Waals surface area contributed by atoms with Gasteiger partial charge in [-0.1, -0.05) is 6.92 Å². The minimum atomic E-state index is -0.608. The molecule has 15 heavy (non-hydrogen) atoms. The smallest absolute Gasteiger partial charge is 0.223 e. The van der Waals surface area contributed by atoms with E-state index in [1.165, 1.54) is 0 Å². The van der Waals surface area contributed by atoms with E-state index < -0.39 is 11.6 Å². The Balaban J connectivity index is 4.64. The van der Waals surface area contributed by atoms with Gasteiger partial charge in [0.15, 0.2) is 0 Å². The number of rotatable bonds is 6. The lowest BCUT2D eigenvalue weighted by molar-refractivity contribution is -0.140. The normalized spacial score (nSPS) is 13.7. The molecule has 1 atom stereocenters. The van der Waals surface area contributed by atoms with Gasteiger partial charge in [0.25, 0.3) is 0 Å². The molecule has 0 saturated carbocycles. The van der Waals surface area contributed by atoms with Crippen LogP contribution in [0.15, 0.2) is 0 Å². The van der Waals surface area contributed by atoms with Gasteiger partial charge in [-0.2, -0.15) is 0 Å². The predicted molar refractivity (Wildman–Crippen MR) is 59.5 cm³/mol. The van der Waals surface area contributed by atoms with Crippen molar-refractivity contribution in [2.75, 3.05) is 13.2 Å². The van der Waals surface area contributed by atoms with Gasteiger partial charge >= 0.3 is 0 Å². The van der Waals surface area contributed by atoms with E-state index in [1.54, 1.807) is 25.7 Å². The summed E-state index contributed by atoms with van der Waals surface area (Å²) in [5, 5.41) is 18.5. The Morgan fingerprint density at radius 2 is 2.00 bits per heavy atom. The van der Waals surface area contributed by atoms with Gasteiger partial charge in [0.2, 0.25) is 5.91 Å². The molecule has 0 radical (unpaired) electrons. The lowest BCUT2D eigenvalue weighted by atomic mass is 10.0. The van der Waals surface area contributed by atoms with Crippen LogP contribution in [0.2, 0.25) is 0 Å². The van der Waals surface area contributed by atoms with Gasteiger partial charge in [0, 0.05) is 13.0 Å². The summed E-state index contributed by atoms with van der Waals surface area (Å²) in [6, 6.07) is 0. The van der Waals surface area contributed by atoms with E-state index >= 15 is 0 Å². The lowest BCUT2D eigenvalue weighted by Gasteiger charge is -2.38. The fourth-order valence-corrected chi connectivity index (χ4v) is 1.38. The molecule has 0 aromatic heterocycles. The highest BCUT2D eigenvalue weighted by molar-refractivity contribution is 5.77. The number of hydrogen-bond donors (Lipinski definition) is 2. The first-order valence-corrected chi connectivity index (χ1v) is 5.44. The maximum absolute atomic E-state index is 11.8. The highest BCUT2D eigenvalue weighted by Crippen LogP contribution is 2.16. The van der Waals surface area contributed by atoms with Crippen molar-refractivity contribution in [1.29, 1.82) is 0 Å². The fraction of sp³-hybridized carbons (Fsp3) is 0.909. The third-order valence-corrected chi connectivity index (χ3v) is 2.33. The fourth-order valence-electron chi connectivity index (χ4n) is 1.38. The van der Waals surface area contributed by atoms with E-state index in [0.29, 0.717) is 6.42 Å². The Bertz CT molecular complexity index is 202. The number of carbonyl (C=O) groups is 1. The van der Waals surface area contributed by atoms with Gasteiger partial charge in [-0.25, -0.2) is 0 Å². The molecule has 0 aromatic rings. The van der Waals surface area contributed by atoms with Crippen molar-refractivity contribution >= 4 is 5.91 Å². The van der Waals surface area contributed by atoms with Gasteiger partial charge in [0.05, 0.1) is 18.2 Å². The Morgan fingerprint density at radius 3 is 2.33 bits per heavy atom. The van der Waals surface area contributed by atoms with Crippen LogP contribution >= 0.6 is 0 Å². The summed E-state index contributed by atoms with van der Waals surface area (Å²) in [7, 11) is 0. The molecular weight excluding hydrogens is 194 g/mol. The first kappa shape index (κ1) is 14.4. The number of nitrogens with zero attached hydrogens (tertiary/aromatic N) is 1. The number of aliphatic hydroxyl groups is 2. The van der Waals surface area contributed by atoms with E-state index in [0.717, 1.165) is 6.42 Å². The largest absolute Gasteiger partial charge is 0.394 e. The lowest BCUT2D eigenvalue weighted by Crippen LogP contribution is -2.52. The van der Waals surface area contributed by atoms with Crippen LogP contribution in [0.25, 0.3) is 0 Å². The second-order valence-corrected chi connectivity index (χ2v) is 4.57. The predicted octanol–water partition coefficient (Wildman–Crippen LogP) is 0.767. The Morgan fingerprint density at radius 1 is 1.47 bits per heavy atom. The van der Waals surface area contributed by atoms with E-state index in [-0.39, 0.29) is 19.1 Å². The molecular formula is C11H23NO3. The van der Waals surface area contributed by atoms with Crippen molar-refractivity contribution in [3.05, 3.63) is 0 Å². The molecule has 0 rings (SSSR count). The van der Waals surface area contributed by atoms with Gasteiger partial charge in [-0.05, 0) is 27.2 Å². The van der Waals surface area contributed by atoms with Gasteiger partial charge in [-0.15, -0.1) is 0 Å². The van der Waals surface area contributed by atoms with E-state index in [4.69, 9.17) is 0 Å². The summed E-state index contributed by atoms with van der Waals surface area (Å²) in [6.07, 6.45) is 0.656. The molecule has 0 aliphatic carbocycles. The van der Waals surface area contributed by atoms with Crippen LogP contribution in [0.1, 0.15) is 40.5 Å². The number of amides is 1. The molecule has 4 nitrogen and oxygen atoms in total. The van der Waals surface area contributed by atoms with Crippen LogP contribution in [0.3, 0.4) is 0 Å². The summed E-state index contributed by atoms with van der Waals surface area (Å²) in [6.45, 7) is 7.33. The average Bonchev–Trinajstić information content (AvgIpc) is 2.14. The number of aliphatic hydroxyl groups excluding tert-OH is 2. The standard InChI is InChI=1S/C11H23NO3/c1-5-6-10(15)12(7-9(2)14)11(3,4)8-13/h9,13-14H,5-8H2,1-4H3. The van der Waals surface area contributed by atoms with Crippen molar-refractivity contribution in [3.63, 3.8) is 0 Å². The summed E-state index contributed by atoms with van der Waals surface area (Å²) < 4.78 is 0. The molecule has 0 aromatic carbocycles. The summed E-state index contributed by atoms with van der Waals surface area (Å²) >= 11 is 0. The molecule has 1 amide bonds. The third-order valence-electron chi connectivity index (χ3n) is 2.33. The maximum atomic E-state index is 11.8. The molecule has 0 fully saturated rings. The van der Waals surface area contributed by atoms with Crippen molar-refractivity contribution in [3.8, 4) is 0 Å². The number of carbonyl (C=O) groups excluding carboxylic acids is 1. The van der Waals surface area contributed by atoms with Crippen molar-refractivity contribution < 1.29 is 15.0 Å². The van der Waals surface area contributed by atoms with Crippen LogP contribution < -0.4 is 0 Å². The molecule has 0 heterocycles. The van der Waals surface area contributed by atoms with E-state index in [9.17, 15) is 15.0 Å². The highest BCUT2D eigenvalue weighted by Gasteiger charge is 2.30. The third kappa shape index (κ3) is 4.62. The molecule has 0 aliphatic heterocycles. The molecule has 0 saturated heterocycles. The highest BCUT2D eigenvalue weighted by atomic mass is 16.3. The van der Waals surface area contributed by atoms with E-state index in [2.05, 4.69) is 0 Å². The number of β-amino-alcohol motifs (C(OH)–C–C–N with tert-alkyl or cyclic N) is 1. The van der Waals surface area contributed by atoms with Crippen LogP contribution in [0, 0.1) is 0 Å². The van der Waals surface area contributed by atoms with Crippen molar-refractivity contribution in [2.45, 2.75) is 52.2 Å². The Hall–Kier alpha value is -0.610. The van der Waals surface area contributed by atoms with Crippen molar-refractivity contribution in [2.24, 2.45) is 0 Å². The van der Waals surface area contributed by atoms with Gasteiger partial charge in [0.1, 0.15) is 0 Å². The van der Waals surface area contributed by atoms with Crippen LogP contribution in [-0.4, -0.2) is 45.8 Å². The minimum Gasteiger partial charge on any atom is -0.394 e. The molecule has 90 valence electrons. The zero-order valence-corrected chi connectivity index (χ0v) is 10.2. The minimum absolute atomic E-state index is 0.0162. The molecule has 0 bridgehead atoms. The zero-order chi connectivity index (χ0) is 12.1.